The van der Waals surface area contributed by atoms with Crippen LogP contribution in [0.2, 0.25) is 0 Å². The lowest BCUT2D eigenvalue weighted by Crippen LogP contribution is -2.44. The molecule has 0 amide bonds. The topological polar surface area (TPSA) is 90.6 Å². The Hall–Kier alpha value is -2.49. The van der Waals surface area contributed by atoms with Gasteiger partial charge in [0, 0.05) is 38.2 Å². The SMILES string of the molecule is CCC=O.CN1CC(c2cc(F)ccc2F)=C[C@H]1c1ccccc1.NCCNC(O)NCC1CC1. The second-order valence-electron chi connectivity index (χ2n) is 8.66. The number of aldehydes is 1. The number of likely N-dealkylation sites (N-methyl/N-ethyl adjacent to an activating group) is 1. The molecule has 1 aliphatic carbocycles. The summed E-state index contributed by atoms with van der Waals surface area (Å²) in [6, 6.07) is 13.7. The summed E-state index contributed by atoms with van der Waals surface area (Å²) >= 11 is 0. The van der Waals surface area contributed by atoms with Crippen LogP contribution in [-0.2, 0) is 4.79 Å². The largest absolute Gasteiger partial charge is 0.365 e. The highest BCUT2D eigenvalue weighted by molar-refractivity contribution is 5.70. The zero-order valence-electron chi connectivity index (χ0n) is 20.6. The Kier molecular flexibility index (Phi) is 12.7. The van der Waals surface area contributed by atoms with Gasteiger partial charge in [0.05, 0.1) is 6.04 Å². The molecule has 1 saturated carbocycles. The molecule has 2 aliphatic rings. The minimum atomic E-state index is -0.584. The van der Waals surface area contributed by atoms with Crippen LogP contribution in [0.25, 0.3) is 5.57 Å². The molecule has 5 N–H and O–H groups in total. The maximum Gasteiger partial charge on any atom is 0.160 e. The van der Waals surface area contributed by atoms with Crippen molar-refractivity contribution in [3.63, 3.8) is 0 Å². The number of carbonyl (C=O) groups excluding carboxylic acids is 1. The van der Waals surface area contributed by atoms with Gasteiger partial charge >= 0.3 is 0 Å². The Bertz CT molecular complexity index is 923. The molecular formula is C27H38F2N4O2. The lowest BCUT2D eigenvalue weighted by atomic mass is 10.0. The predicted octanol–water partition coefficient (Wildman–Crippen LogP) is 3.44. The Morgan fingerprint density at radius 1 is 1.17 bits per heavy atom. The second kappa shape index (κ2) is 15.5. The standard InChI is InChI=1S/C17H15F2N.C7H17N3O.C3H6O/c1-20-11-13(15-10-14(18)7-8-16(15)19)9-17(20)12-5-3-2-4-6-12;8-3-4-9-7(11)10-5-6-1-2-6;1-2-3-4/h2-10,17H,11H2,1H3;6-7,9-11H,1-5,8H2;3H,2H2,1H3/t17-;;/m0../s1. The van der Waals surface area contributed by atoms with E-state index >= 15 is 0 Å². The van der Waals surface area contributed by atoms with Crippen molar-refractivity contribution in [2.45, 2.75) is 38.6 Å². The third-order valence-corrected chi connectivity index (χ3v) is 5.61. The molecule has 1 unspecified atom stereocenters. The summed E-state index contributed by atoms with van der Waals surface area (Å²) in [4.78, 5) is 11.3. The monoisotopic (exact) mass is 488 g/mol. The Balaban J connectivity index is 0.000000243. The van der Waals surface area contributed by atoms with Crippen molar-refractivity contribution in [2.24, 2.45) is 11.7 Å². The van der Waals surface area contributed by atoms with Crippen LogP contribution in [0, 0.1) is 17.6 Å². The molecule has 2 aromatic carbocycles. The van der Waals surface area contributed by atoms with Crippen LogP contribution in [0.15, 0.2) is 54.6 Å². The number of hydrogen-bond donors (Lipinski definition) is 4. The Morgan fingerprint density at radius 2 is 1.86 bits per heavy atom. The van der Waals surface area contributed by atoms with Crippen LogP contribution in [0.5, 0.6) is 0 Å². The molecule has 0 aromatic heterocycles. The maximum atomic E-state index is 13.9. The van der Waals surface area contributed by atoms with Gasteiger partial charge in [-0.05, 0) is 55.1 Å². The molecule has 192 valence electrons. The minimum Gasteiger partial charge on any atom is -0.365 e. The fraction of sp³-hybridized carbons (Fsp3) is 0.444. The molecule has 0 bridgehead atoms. The first-order chi connectivity index (χ1) is 16.9. The van der Waals surface area contributed by atoms with Crippen LogP contribution in [0.1, 0.15) is 43.4 Å². The van der Waals surface area contributed by atoms with E-state index < -0.39 is 12.2 Å². The molecule has 2 aromatic rings. The number of nitrogens with zero attached hydrogens (tertiary/aromatic N) is 1. The summed E-state index contributed by atoms with van der Waals surface area (Å²) in [5.74, 6) is 0.0113. The number of nitrogens with two attached hydrogens (primary N) is 1. The molecule has 35 heavy (non-hydrogen) atoms. The van der Waals surface area contributed by atoms with Gasteiger partial charge in [0.1, 0.15) is 17.9 Å². The van der Waals surface area contributed by atoms with Crippen molar-refractivity contribution < 1.29 is 18.7 Å². The Labute approximate surface area is 207 Å². The highest BCUT2D eigenvalue weighted by atomic mass is 19.1. The van der Waals surface area contributed by atoms with Gasteiger partial charge in [-0.1, -0.05) is 43.3 Å². The van der Waals surface area contributed by atoms with E-state index in [4.69, 9.17) is 5.73 Å². The van der Waals surface area contributed by atoms with Crippen LogP contribution >= 0.6 is 0 Å². The van der Waals surface area contributed by atoms with Crippen molar-refractivity contribution in [3.05, 3.63) is 77.4 Å². The van der Waals surface area contributed by atoms with Crippen LogP contribution in [0.3, 0.4) is 0 Å². The molecule has 0 spiro atoms. The first kappa shape index (κ1) is 28.7. The molecule has 1 fully saturated rings. The number of rotatable bonds is 9. The summed E-state index contributed by atoms with van der Waals surface area (Å²) in [6.45, 7) is 4.55. The first-order valence-corrected chi connectivity index (χ1v) is 12.1. The van der Waals surface area contributed by atoms with Crippen LogP contribution < -0.4 is 16.4 Å². The highest BCUT2D eigenvalue weighted by Crippen LogP contribution is 2.34. The molecule has 1 heterocycles. The summed E-state index contributed by atoms with van der Waals surface area (Å²) in [6.07, 6.45) is 5.54. The summed E-state index contributed by atoms with van der Waals surface area (Å²) in [5, 5.41) is 15.0. The highest BCUT2D eigenvalue weighted by Gasteiger charge is 2.25. The van der Waals surface area contributed by atoms with E-state index in [2.05, 4.69) is 15.5 Å². The van der Waals surface area contributed by atoms with E-state index in [0.717, 1.165) is 36.0 Å². The smallest absolute Gasteiger partial charge is 0.160 e. The van der Waals surface area contributed by atoms with Crippen molar-refractivity contribution in [1.82, 2.24) is 15.5 Å². The van der Waals surface area contributed by atoms with Gasteiger partial charge in [-0.25, -0.2) is 8.78 Å². The van der Waals surface area contributed by atoms with Crippen molar-refractivity contribution in [3.8, 4) is 0 Å². The molecule has 1 aliphatic heterocycles. The van der Waals surface area contributed by atoms with E-state index in [1.807, 2.05) is 50.4 Å². The summed E-state index contributed by atoms with van der Waals surface area (Å²) < 4.78 is 27.2. The van der Waals surface area contributed by atoms with E-state index in [0.29, 0.717) is 31.6 Å². The third-order valence-electron chi connectivity index (χ3n) is 5.61. The van der Waals surface area contributed by atoms with Gasteiger partial charge in [-0.2, -0.15) is 0 Å². The van der Waals surface area contributed by atoms with Crippen LogP contribution in [0.4, 0.5) is 8.78 Å². The molecule has 2 atom stereocenters. The average molecular weight is 489 g/mol. The quantitative estimate of drug-likeness (QED) is 0.319. The van der Waals surface area contributed by atoms with Crippen molar-refractivity contribution in [2.75, 3.05) is 33.2 Å². The zero-order chi connectivity index (χ0) is 25.6. The van der Waals surface area contributed by atoms with Crippen LogP contribution in [-0.4, -0.2) is 55.9 Å². The normalized spacial score (nSPS) is 18.0. The summed E-state index contributed by atoms with van der Waals surface area (Å²) in [5.41, 5.74) is 7.59. The second-order valence-corrected chi connectivity index (χ2v) is 8.66. The van der Waals surface area contributed by atoms with Crippen molar-refractivity contribution >= 4 is 11.9 Å². The van der Waals surface area contributed by atoms with E-state index in [9.17, 15) is 18.7 Å². The van der Waals surface area contributed by atoms with Crippen molar-refractivity contribution in [1.29, 1.82) is 0 Å². The Morgan fingerprint density at radius 3 is 2.46 bits per heavy atom. The zero-order valence-corrected chi connectivity index (χ0v) is 20.6. The molecule has 4 rings (SSSR count). The third kappa shape index (κ3) is 10.3. The molecule has 6 nitrogen and oxygen atoms in total. The molecule has 0 radical (unpaired) electrons. The number of carbonyl (C=O) groups is 1. The molecule has 0 saturated heterocycles. The number of benzene rings is 2. The van der Waals surface area contributed by atoms with Gasteiger partial charge < -0.3 is 15.6 Å². The molecular weight excluding hydrogens is 450 g/mol. The lowest BCUT2D eigenvalue weighted by molar-refractivity contribution is -0.107. The number of aliphatic hydroxyl groups excluding tert-OH is 1. The first-order valence-electron chi connectivity index (χ1n) is 12.1. The number of halogens is 2. The van der Waals surface area contributed by atoms with Gasteiger partial charge in [-0.3, -0.25) is 15.5 Å². The van der Waals surface area contributed by atoms with E-state index in [1.165, 1.54) is 25.0 Å². The maximum absolute atomic E-state index is 13.9. The van der Waals surface area contributed by atoms with E-state index in [-0.39, 0.29) is 11.9 Å². The molecule has 8 heteroatoms. The fourth-order valence-corrected chi connectivity index (χ4v) is 3.55. The average Bonchev–Trinajstić information content (AvgIpc) is 3.63. The fourth-order valence-electron chi connectivity index (χ4n) is 3.55. The van der Waals surface area contributed by atoms with Gasteiger partial charge in [0.15, 0.2) is 6.35 Å². The predicted molar refractivity (Wildman–Crippen MR) is 136 cm³/mol. The number of nitrogens with one attached hydrogen (secondary N) is 2. The summed E-state index contributed by atoms with van der Waals surface area (Å²) in [7, 11) is 1.98. The number of hydrogen-bond acceptors (Lipinski definition) is 6. The minimum absolute atomic E-state index is 0.105. The number of aliphatic hydroxyl groups is 1. The lowest BCUT2D eigenvalue weighted by Gasteiger charge is -2.19. The van der Waals surface area contributed by atoms with Gasteiger partial charge in [-0.15, -0.1) is 0 Å². The van der Waals surface area contributed by atoms with Gasteiger partial charge in [0.2, 0.25) is 0 Å². The van der Waals surface area contributed by atoms with Gasteiger partial charge in [0.25, 0.3) is 0 Å². The van der Waals surface area contributed by atoms with E-state index in [1.54, 1.807) is 0 Å².